The van der Waals surface area contributed by atoms with Crippen LogP contribution in [0.4, 0.5) is 13.2 Å². The van der Waals surface area contributed by atoms with Gasteiger partial charge < -0.3 is 20.3 Å². The number of aliphatic carboxylic acids is 1. The van der Waals surface area contributed by atoms with E-state index in [1.165, 1.54) is 0 Å². The number of carboxylic acids is 1. The molecule has 0 fully saturated rings. The Bertz CT molecular complexity index is 1120. The summed E-state index contributed by atoms with van der Waals surface area (Å²) in [5, 5.41) is 9.09. The normalized spacial score (nSPS) is 12.1. The molecule has 33 heavy (non-hydrogen) atoms. The maximum Gasteiger partial charge on any atom is 0.345 e. The van der Waals surface area contributed by atoms with Gasteiger partial charge in [-0.1, -0.05) is 42.5 Å². The minimum Gasteiger partial charge on any atom is -0.489 e. The van der Waals surface area contributed by atoms with Gasteiger partial charge in [0, 0.05) is 22.7 Å². The molecule has 1 unspecified atom stereocenters. The highest BCUT2D eigenvalue weighted by Gasteiger charge is 2.15. The van der Waals surface area contributed by atoms with E-state index in [1.807, 2.05) is 0 Å². The van der Waals surface area contributed by atoms with Gasteiger partial charge >= 0.3 is 12.6 Å². The monoisotopic (exact) mass is 459 g/mol. The summed E-state index contributed by atoms with van der Waals surface area (Å²) < 4.78 is 50.6. The molecule has 5 nitrogen and oxygen atoms in total. The molecule has 3 rings (SSSR count). The standard InChI is InChI=1S/C25H24F3NO4/c1-15(29)20-6-4-7-21(24(20)26)19-10-16(9-17(11-19)14-33-25(27)28)13-32-22-8-3-2-5-18(22)12-23(30)31/h2-11,15,25H,12-14,29H2,1H3,(H,30,31). The summed E-state index contributed by atoms with van der Waals surface area (Å²) in [5.74, 6) is -1.09. The van der Waals surface area contributed by atoms with E-state index in [2.05, 4.69) is 4.74 Å². The van der Waals surface area contributed by atoms with E-state index in [-0.39, 0.29) is 25.2 Å². The van der Waals surface area contributed by atoms with Crippen molar-refractivity contribution in [2.24, 2.45) is 5.73 Å². The van der Waals surface area contributed by atoms with Crippen LogP contribution in [-0.2, 0) is 29.2 Å². The van der Waals surface area contributed by atoms with Crippen molar-refractivity contribution in [1.82, 2.24) is 0 Å². The lowest BCUT2D eigenvalue weighted by Gasteiger charge is -2.15. The summed E-state index contributed by atoms with van der Waals surface area (Å²) in [5.41, 5.74) is 8.42. The predicted octanol–water partition coefficient (Wildman–Crippen LogP) is 5.46. The Balaban J connectivity index is 1.95. The Labute approximate surface area is 189 Å². The molecule has 0 aliphatic carbocycles. The summed E-state index contributed by atoms with van der Waals surface area (Å²) >= 11 is 0. The molecule has 0 saturated heterocycles. The van der Waals surface area contributed by atoms with E-state index >= 15 is 4.39 Å². The zero-order chi connectivity index (χ0) is 24.0. The maximum absolute atomic E-state index is 15.1. The second-order valence-electron chi connectivity index (χ2n) is 7.57. The van der Waals surface area contributed by atoms with Crippen LogP contribution < -0.4 is 10.5 Å². The minimum atomic E-state index is -2.95. The predicted molar refractivity (Wildman–Crippen MR) is 117 cm³/mol. The third-order valence-corrected chi connectivity index (χ3v) is 4.97. The SMILES string of the molecule is CC(N)c1cccc(-c2cc(COc3ccccc3CC(=O)O)cc(COC(F)F)c2)c1F. The molecular weight excluding hydrogens is 435 g/mol. The topological polar surface area (TPSA) is 81.8 Å². The van der Waals surface area contributed by atoms with Gasteiger partial charge in [0.15, 0.2) is 0 Å². The van der Waals surface area contributed by atoms with Crippen LogP contribution in [0.2, 0.25) is 0 Å². The fourth-order valence-corrected chi connectivity index (χ4v) is 3.48. The molecule has 1 atom stereocenters. The molecule has 0 radical (unpaired) electrons. The summed E-state index contributed by atoms with van der Waals surface area (Å²) in [6, 6.07) is 15.9. The van der Waals surface area contributed by atoms with Gasteiger partial charge in [0.05, 0.1) is 13.0 Å². The highest BCUT2D eigenvalue weighted by Crippen LogP contribution is 2.30. The van der Waals surface area contributed by atoms with Crippen LogP contribution in [0, 0.1) is 5.82 Å². The lowest BCUT2D eigenvalue weighted by atomic mass is 9.96. The molecule has 0 aliphatic rings. The fourth-order valence-electron chi connectivity index (χ4n) is 3.48. The van der Waals surface area contributed by atoms with Crippen LogP contribution in [0.15, 0.2) is 60.7 Å². The highest BCUT2D eigenvalue weighted by atomic mass is 19.3. The second kappa shape index (κ2) is 11.0. The van der Waals surface area contributed by atoms with Crippen molar-refractivity contribution in [2.75, 3.05) is 0 Å². The Hall–Kier alpha value is -3.36. The number of hydrogen-bond acceptors (Lipinski definition) is 4. The van der Waals surface area contributed by atoms with Gasteiger partial charge in [-0.05, 0) is 41.8 Å². The number of benzene rings is 3. The molecule has 3 aromatic carbocycles. The number of rotatable bonds is 10. The number of nitrogens with two attached hydrogens (primary N) is 1. The van der Waals surface area contributed by atoms with Gasteiger partial charge in [-0.3, -0.25) is 4.79 Å². The van der Waals surface area contributed by atoms with Crippen molar-refractivity contribution in [3.8, 4) is 16.9 Å². The van der Waals surface area contributed by atoms with Gasteiger partial charge in [-0.25, -0.2) is 4.39 Å². The minimum absolute atomic E-state index is 0.0146. The molecule has 0 heterocycles. The largest absolute Gasteiger partial charge is 0.489 e. The first-order chi connectivity index (χ1) is 15.7. The Morgan fingerprint density at radius 3 is 2.39 bits per heavy atom. The first-order valence-corrected chi connectivity index (χ1v) is 10.2. The molecule has 0 bridgehead atoms. The quantitative estimate of drug-likeness (QED) is 0.421. The van der Waals surface area contributed by atoms with Gasteiger partial charge in [0.2, 0.25) is 0 Å². The smallest absolute Gasteiger partial charge is 0.345 e. The maximum atomic E-state index is 15.1. The lowest BCUT2D eigenvalue weighted by Crippen LogP contribution is -2.08. The van der Waals surface area contributed by atoms with Gasteiger partial charge in [0.1, 0.15) is 18.2 Å². The summed E-state index contributed by atoms with van der Waals surface area (Å²) in [4.78, 5) is 11.1. The highest BCUT2D eigenvalue weighted by molar-refractivity contribution is 5.71. The van der Waals surface area contributed by atoms with E-state index in [0.717, 1.165) is 0 Å². The van der Waals surface area contributed by atoms with E-state index in [0.29, 0.717) is 33.6 Å². The average molecular weight is 459 g/mol. The number of ether oxygens (including phenoxy) is 2. The van der Waals surface area contributed by atoms with Crippen molar-refractivity contribution in [3.63, 3.8) is 0 Å². The van der Waals surface area contributed by atoms with E-state index in [1.54, 1.807) is 67.6 Å². The zero-order valence-corrected chi connectivity index (χ0v) is 17.9. The van der Waals surface area contributed by atoms with Gasteiger partial charge in [-0.2, -0.15) is 8.78 Å². The Kier molecular flexibility index (Phi) is 8.08. The molecule has 174 valence electrons. The summed E-state index contributed by atoms with van der Waals surface area (Å²) in [6.07, 6.45) is -0.209. The van der Waals surface area contributed by atoms with Gasteiger partial charge in [0.25, 0.3) is 0 Å². The average Bonchev–Trinajstić information content (AvgIpc) is 2.76. The number of carbonyl (C=O) groups is 1. The van der Waals surface area contributed by atoms with Crippen LogP contribution in [0.3, 0.4) is 0 Å². The van der Waals surface area contributed by atoms with Crippen molar-refractivity contribution in [2.45, 2.75) is 39.2 Å². The van der Waals surface area contributed by atoms with Crippen molar-refractivity contribution in [1.29, 1.82) is 0 Å². The number of hydrogen-bond donors (Lipinski definition) is 2. The first kappa shape index (κ1) is 24.3. The van der Waals surface area contributed by atoms with Crippen LogP contribution in [0.25, 0.3) is 11.1 Å². The molecule has 3 N–H and O–H groups in total. The number of carboxylic acid groups (broad SMARTS) is 1. The Morgan fingerprint density at radius 2 is 1.73 bits per heavy atom. The molecular formula is C25H24F3NO4. The molecule has 0 saturated carbocycles. The molecule has 8 heteroatoms. The van der Waals surface area contributed by atoms with Crippen LogP contribution in [0.5, 0.6) is 5.75 Å². The van der Waals surface area contributed by atoms with E-state index in [9.17, 15) is 13.6 Å². The molecule has 0 spiro atoms. The molecule has 0 amide bonds. The van der Waals surface area contributed by atoms with Crippen LogP contribution in [-0.4, -0.2) is 17.7 Å². The van der Waals surface area contributed by atoms with Gasteiger partial charge in [-0.15, -0.1) is 0 Å². The molecule has 3 aromatic rings. The van der Waals surface area contributed by atoms with Crippen molar-refractivity contribution < 1.29 is 32.5 Å². The molecule has 0 aliphatic heterocycles. The van der Waals surface area contributed by atoms with Crippen molar-refractivity contribution in [3.05, 3.63) is 88.7 Å². The second-order valence-corrected chi connectivity index (χ2v) is 7.57. The fraction of sp³-hybridized carbons (Fsp3) is 0.240. The molecule has 0 aromatic heterocycles. The lowest BCUT2D eigenvalue weighted by molar-refractivity contribution is -0.137. The number of alkyl halides is 2. The Morgan fingerprint density at radius 1 is 1.03 bits per heavy atom. The zero-order valence-electron chi connectivity index (χ0n) is 17.9. The first-order valence-electron chi connectivity index (χ1n) is 10.2. The third kappa shape index (κ3) is 6.57. The van der Waals surface area contributed by atoms with Crippen LogP contribution in [0.1, 0.15) is 35.2 Å². The number of halogens is 3. The van der Waals surface area contributed by atoms with Crippen LogP contribution >= 0.6 is 0 Å². The summed E-state index contributed by atoms with van der Waals surface area (Å²) in [7, 11) is 0. The van der Waals surface area contributed by atoms with Crippen molar-refractivity contribution >= 4 is 5.97 Å². The third-order valence-electron chi connectivity index (χ3n) is 4.97. The number of para-hydroxylation sites is 1. The summed E-state index contributed by atoms with van der Waals surface area (Å²) in [6.45, 7) is -1.64. The van der Waals surface area contributed by atoms with E-state index < -0.39 is 24.4 Å². The van der Waals surface area contributed by atoms with E-state index in [4.69, 9.17) is 15.6 Å².